The van der Waals surface area contributed by atoms with Crippen molar-refractivity contribution in [3.8, 4) is 0 Å². The molecule has 5 heteroatoms. The van der Waals surface area contributed by atoms with Crippen molar-refractivity contribution >= 4 is 29.3 Å². The van der Waals surface area contributed by atoms with Crippen LogP contribution in [0.4, 0.5) is 5.69 Å². The highest BCUT2D eigenvalue weighted by Crippen LogP contribution is 2.28. The minimum absolute atomic E-state index is 0.202. The van der Waals surface area contributed by atoms with E-state index in [0.29, 0.717) is 18.8 Å². The third kappa shape index (κ3) is 19.3. The van der Waals surface area contributed by atoms with E-state index in [1.807, 2.05) is 47.9 Å². The molecule has 1 aliphatic carbocycles. The van der Waals surface area contributed by atoms with Gasteiger partial charge in [-0.1, -0.05) is 85.8 Å². The second-order valence-corrected chi connectivity index (χ2v) is 9.95. The number of nitrogens with zero attached hydrogens (tertiary/aromatic N) is 1. The van der Waals surface area contributed by atoms with Crippen LogP contribution in [0, 0.1) is 11.8 Å². The summed E-state index contributed by atoms with van der Waals surface area (Å²) in [5.74, 6) is 1.77. The molecule has 0 saturated heterocycles. The van der Waals surface area contributed by atoms with Crippen molar-refractivity contribution in [2.24, 2.45) is 16.8 Å². The summed E-state index contributed by atoms with van der Waals surface area (Å²) < 4.78 is 0. The van der Waals surface area contributed by atoms with Crippen LogP contribution in [0.15, 0.2) is 34.8 Å². The highest BCUT2D eigenvalue weighted by atomic mass is 16.1. The predicted octanol–water partition coefficient (Wildman–Crippen LogP) is 9.48. The number of Topliss-reactive ketones (excluding diaryl/α,β-unsaturated/α-hetero) is 1. The molecule has 0 unspecified atom stereocenters. The number of unbranched alkanes of at least 4 members (excludes halogenated alkanes) is 2. The SMILES string of the molecule is CC.CC.CC(=O)CCCCCNC(=O)CCC1CCCC1.CC=N/C(=C(/C)C(C)C)c1ccc(NC)cc1. The Bertz CT molecular complexity index is 804. The fourth-order valence-corrected chi connectivity index (χ4v) is 4.23. The third-order valence-electron chi connectivity index (χ3n) is 6.73. The molecule has 2 N–H and O–H groups in total. The minimum Gasteiger partial charge on any atom is -0.388 e. The normalized spacial score (nSPS) is 13.3. The first kappa shape index (κ1) is 38.7. The Balaban J connectivity index is 0. The Hall–Kier alpha value is -2.43. The first-order valence-corrected chi connectivity index (χ1v) is 15.5. The number of anilines is 1. The average Bonchev–Trinajstić information content (AvgIpc) is 3.48. The summed E-state index contributed by atoms with van der Waals surface area (Å²) in [7, 11) is 1.93. The van der Waals surface area contributed by atoms with Crippen molar-refractivity contribution in [1.29, 1.82) is 0 Å². The molecule has 0 aliphatic heterocycles. The van der Waals surface area contributed by atoms with E-state index < -0.39 is 0 Å². The van der Waals surface area contributed by atoms with Gasteiger partial charge < -0.3 is 15.4 Å². The van der Waals surface area contributed by atoms with E-state index in [1.165, 1.54) is 36.8 Å². The van der Waals surface area contributed by atoms with Crippen molar-refractivity contribution in [3.05, 3.63) is 35.4 Å². The van der Waals surface area contributed by atoms with Crippen molar-refractivity contribution in [2.45, 2.75) is 127 Å². The molecule has 1 amide bonds. The van der Waals surface area contributed by atoms with E-state index in [9.17, 15) is 9.59 Å². The van der Waals surface area contributed by atoms with Crippen molar-refractivity contribution in [3.63, 3.8) is 0 Å². The van der Waals surface area contributed by atoms with Crippen LogP contribution in [0.2, 0.25) is 0 Å². The van der Waals surface area contributed by atoms with Gasteiger partial charge in [-0.05, 0) is 69.6 Å². The lowest BCUT2D eigenvalue weighted by molar-refractivity contribution is -0.121. The summed E-state index contributed by atoms with van der Waals surface area (Å²) in [5, 5.41) is 6.09. The zero-order valence-electron chi connectivity index (χ0n) is 27.1. The number of hydrogen-bond donors (Lipinski definition) is 2. The van der Waals surface area contributed by atoms with Gasteiger partial charge in [-0.2, -0.15) is 0 Å². The van der Waals surface area contributed by atoms with Gasteiger partial charge in [-0.25, -0.2) is 0 Å². The average molecular weight is 544 g/mol. The van der Waals surface area contributed by atoms with Crippen LogP contribution in [0.1, 0.15) is 132 Å². The predicted molar refractivity (Wildman–Crippen MR) is 174 cm³/mol. The largest absolute Gasteiger partial charge is 0.388 e. The number of rotatable bonds is 13. The lowest BCUT2D eigenvalue weighted by atomic mass is 9.99. The van der Waals surface area contributed by atoms with Crippen LogP contribution in [0.5, 0.6) is 0 Å². The number of carbonyl (C=O) groups excluding carboxylic acids is 2. The smallest absolute Gasteiger partial charge is 0.220 e. The molecule has 0 aromatic heterocycles. The van der Waals surface area contributed by atoms with Gasteiger partial charge in [0.2, 0.25) is 5.91 Å². The molecule has 1 aromatic rings. The molecular formula is C34H61N3O2. The number of amides is 1. The number of carbonyl (C=O) groups is 2. The van der Waals surface area contributed by atoms with Crippen molar-refractivity contribution in [1.82, 2.24) is 5.32 Å². The lowest BCUT2D eigenvalue weighted by Crippen LogP contribution is -2.24. The molecule has 224 valence electrons. The van der Waals surface area contributed by atoms with E-state index in [0.717, 1.165) is 49.5 Å². The molecule has 0 atom stereocenters. The van der Waals surface area contributed by atoms with E-state index in [1.54, 1.807) is 6.92 Å². The zero-order valence-corrected chi connectivity index (χ0v) is 27.1. The first-order chi connectivity index (χ1) is 18.8. The fourth-order valence-electron chi connectivity index (χ4n) is 4.23. The van der Waals surface area contributed by atoms with Gasteiger partial charge in [-0.15, -0.1) is 0 Å². The molecule has 1 aromatic carbocycles. The summed E-state index contributed by atoms with van der Waals surface area (Å²) in [6.07, 6.45) is 12.6. The Labute approximate surface area is 241 Å². The lowest BCUT2D eigenvalue weighted by Gasteiger charge is -2.12. The van der Waals surface area contributed by atoms with Gasteiger partial charge >= 0.3 is 0 Å². The molecule has 0 radical (unpaired) electrons. The molecular weight excluding hydrogens is 482 g/mol. The maximum Gasteiger partial charge on any atom is 0.220 e. The molecule has 1 fully saturated rings. The number of allylic oxidation sites excluding steroid dienone is 1. The Kier molecular flexibility index (Phi) is 25.6. The summed E-state index contributed by atoms with van der Waals surface area (Å²) in [6.45, 7) is 18.9. The third-order valence-corrected chi connectivity index (χ3v) is 6.73. The summed E-state index contributed by atoms with van der Waals surface area (Å²) in [5.41, 5.74) is 4.70. The van der Waals surface area contributed by atoms with Crippen LogP contribution in [0.3, 0.4) is 0 Å². The molecule has 1 aliphatic rings. The fraction of sp³-hybridized carbons (Fsp3) is 0.676. The number of benzene rings is 1. The molecule has 0 spiro atoms. The number of hydrogen-bond acceptors (Lipinski definition) is 4. The van der Waals surface area contributed by atoms with Crippen LogP contribution in [-0.2, 0) is 9.59 Å². The van der Waals surface area contributed by atoms with E-state index >= 15 is 0 Å². The van der Waals surface area contributed by atoms with Gasteiger partial charge in [0.15, 0.2) is 0 Å². The standard InChI is InChI=1S/C15H22N2.C15H27NO2.2C2H6/c1-6-17-15(12(4)11(2)3)13-7-9-14(16-5)10-8-13;1-13(17)7-3-2-6-12-16-15(18)11-10-14-8-4-5-9-14;2*1-2/h6-11,16H,1-5H3;14H,2-12H2,1H3,(H,16,18);2*1-2H3/b15-12-,17-6?;;;. The van der Waals surface area contributed by atoms with Gasteiger partial charge in [0.25, 0.3) is 0 Å². The highest BCUT2D eigenvalue weighted by Gasteiger charge is 2.15. The molecule has 0 bridgehead atoms. The van der Waals surface area contributed by atoms with Gasteiger partial charge in [0.1, 0.15) is 5.78 Å². The second kappa shape index (κ2) is 25.8. The van der Waals surface area contributed by atoms with Crippen molar-refractivity contribution < 1.29 is 9.59 Å². The molecule has 2 rings (SSSR count). The maximum absolute atomic E-state index is 11.6. The van der Waals surface area contributed by atoms with Crippen LogP contribution in [0.25, 0.3) is 5.70 Å². The van der Waals surface area contributed by atoms with Gasteiger partial charge in [0.05, 0.1) is 5.70 Å². The van der Waals surface area contributed by atoms with E-state index in [-0.39, 0.29) is 11.7 Å². The van der Waals surface area contributed by atoms with Crippen molar-refractivity contribution in [2.75, 3.05) is 18.9 Å². The first-order valence-electron chi connectivity index (χ1n) is 15.5. The van der Waals surface area contributed by atoms with Crippen LogP contribution < -0.4 is 10.6 Å². The molecule has 5 nitrogen and oxygen atoms in total. The Morgan fingerprint density at radius 1 is 0.949 bits per heavy atom. The topological polar surface area (TPSA) is 70.6 Å². The number of ketones is 1. The minimum atomic E-state index is 0.202. The summed E-state index contributed by atoms with van der Waals surface area (Å²) in [6, 6.07) is 8.38. The quantitative estimate of drug-likeness (QED) is 0.192. The number of nitrogens with one attached hydrogen (secondary N) is 2. The van der Waals surface area contributed by atoms with Crippen LogP contribution >= 0.6 is 0 Å². The molecule has 0 heterocycles. The molecule has 1 saturated carbocycles. The van der Waals surface area contributed by atoms with E-state index in [2.05, 4.69) is 60.7 Å². The van der Waals surface area contributed by atoms with Gasteiger partial charge in [0, 0.05) is 43.9 Å². The Morgan fingerprint density at radius 2 is 1.54 bits per heavy atom. The monoisotopic (exact) mass is 543 g/mol. The summed E-state index contributed by atoms with van der Waals surface area (Å²) in [4.78, 5) is 26.8. The van der Waals surface area contributed by atoms with Crippen LogP contribution in [-0.4, -0.2) is 31.5 Å². The van der Waals surface area contributed by atoms with E-state index in [4.69, 9.17) is 0 Å². The summed E-state index contributed by atoms with van der Waals surface area (Å²) >= 11 is 0. The Morgan fingerprint density at radius 3 is 2.03 bits per heavy atom. The maximum atomic E-state index is 11.6. The molecule has 39 heavy (non-hydrogen) atoms. The second-order valence-electron chi connectivity index (χ2n) is 9.95. The van der Waals surface area contributed by atoms with Gasteiger partial charge in [-0.3, -0.25) is 9.79 Å². The zero-order chi connectivity index (χ0) is 30.1. The highest BCUT2D eigenvalue weighted by molar-refractivity contribution is 5.76. The number of aliphatic imine (C=N–C) groups is 1.